The van der Waals surface area contributed by atoms with E-state index in [1.807, 2.05) is 0 Å². The monoisotopic (exact) mass is 213 g/mol. The van der Waals surface area contributed by atoms with Crippen LogP contribution in [0.15, 0.2) is 0 Å². The van der Waals surface area contributed by atoms with Crippen molar-refractivity contribution in [2.45, 2.75) is 64.5 Å². The quantitative estimate of drug-likeness (QED) is 0.732. The van der Waals surface area contributed by atoms with E-state index in [1.54, 1.807) is 0 Å². The van der Waals surface area contributed by atoms with E-state index in [0.29, 0.717) is 12.1 Å². The molecule has 2 nitrogen and oxygen atoms in total. The van der Waals surface area contributed by atoms with Gasteiger partial charge in [-0.1, -0.05) is 20.3 Å². The van der Waals surface area contributed by atoms with Crippen LogP contribution in [0.2, 0.25) is 0 Å². The van der Waals surface area contributed by atoms with Gasteiger partial charge in [0.2, 0.25) is 0 Å². The minimum atomic E-state index is 0.540. The molecule has 0 aliphatic carbocycles. The zero-order chi connectivity index (χ0) is 11.1. The second-order valence-electron chi connectivity index (χ2n) is 4.85. The van der Waals surface area contributed by atoms with Gasteiger partial charge in [0.15, 0.2) is 0 Å². The Morgan fingerprint density at radius 3 is 2.73 bits per heavy atom. The van der Waals surface area contributed by atoms with Crippen molar-refractivity contribution in [2.24, 2.45) is 5.92 Å². The van der Waals surface area contributed by atoms with Gasteiger partial charge in [0.1, 0.15) is 0 Å². The van der Waals surface area contributed by atoms with E-state index in [0.717, 1.165) is 12.5 Å². The highest BCUT2D eigenvalue weighted by atomic mass is 16.5. The third kappa shape index (κ3) is 4.52. The van der Waals surface area contributed by atoms with Crippen LogP contribution >= 0.6 is 0 Å². The first-order chi connectivity index (χ1) is 7.27. The van der Waals surface area contributed by atoms with Crippen molar-refractivity contribution in [3.63, 3.8) is 0 Å². The summed E-state index contributed by atoms with van der Waals surface area (Å²) in [5.74, 6) is 0.776. The summed E-state index contributed by atoms with van der Waals surface area (Å²) >= 11 is 0. The SMILES string of the molecule is CCC(C)C(CCC1CCCCO1)NC. The van der Waals surface area contributed by atoms with Crippen LogP contribution in [0.4, 0.5) is 0 Å². The number of rotatable bonds is 6. The number of nitrogens with one attached hydrogen (secondary N) is 1. The van der Waals surface area contributed by atoms with Crippen LogP contribution in [0.25, 0.3) is 0 Å². The summed E-state index contributed by atoms with van der Waals surface area (Å²) in [6.07, 6.45) is 8.19. The molecule has 0 aromatic heterocycles. The Hall–Kier alpha value is -0.0800. The fourth-order valence-electron chi connectivity index (χ4n) is 2.40. The summed E-state index contributed by atoms with van der Waals surface area (Å²) in [5, 5.41) is 3.44. The summed E-state index contributed by atoms with van der Waals surface area (Å²) in [6.45, 7) is 5.59. The van der Waals surface area contributed by atoms with E-state index < -0.39 is 0 Å². The van der Waals surface area contributed by atoms with Crippen molar-refractivity contribution in [3.05, 3.63) is 0 Å². The molecule has 1 heterocycles. The molecule has 90 valence electrons. The Kier molecular flexibility index (Phi) is 6.26. The van der Waals surface area contributed by atoms with Crippen LogP contribution in [-0.4, -0.2) is 25.8 Å². The Morgan fingerprint density at radius 1 is 1.40 bits per heavy atom. The number of hydrogen-bond acceptors (Lipinski definition) is 2. The van der Waals surface area contributed by atoms with Crippen molar-refractivity contribution < 1.29 is 4.74 Å². The fraction of sp³-hybridized carbons (Fsp3) is 1.00. The van der Waals surface area contributed by atoms with Crippen LogP contribution in [0, 0.1) is 5.92 Å². The van der Waals surface area contributed by atoms with Crippen molar-refractivity contribution in [1.29, 1.82) is 0 Å². The van der Waals surface area contributed by atoms with Gasteiger partial charge in [-0.3, -0.25) is 0 Å². The first-order valence-electron chi connectivity index (χ1n) is 6.56. The van der Waals surface area contributed by atoms with Crippen LogP contribution in [-0.2, 0) is 4.74 Å². The molecule has 1 saturated heterocycles. The lowest BCUT2D eigenvalue weighted by Crippen LogP contribution is -2.33. The maximum absolute atomic E-state index is 5.76. The Labute approximate surface area is 94.8 Å². The van der Waals surface area contributed by atoms with Crippen LogP contribution in [0.1, 0.15) is 52.4 Å². The Bertz CT molecular complexity index is 155. The van der Waals surface area contributed by atoms with Gasteiger partial charge in [0.25, 0.3) is 0 Å². The lowest BCUT2D eigenvalue weighted by Gasteiger charge is -2.27. The third-order valence-electron chi connectivity index (χ3n) is 3.78. The van der Waals surface area contributed by atoms with Crippen LogP contribution in [0.3, 0.4) is 0 Å². The molecule has 3 unspecified atom stereocenters. The summed E-state index contributed by atoms with van der Waals surface area (Å²) in [6, 6.07) is 0.667. The lowest BCUT2D eigenvalue weighted by atomic mass is 9.92. The van der Waals surface area contributed by atoms with Gasteiger partial charge in [-0.15, -0.1) is 0 Å². The van der Waals surface area contributed by atoms with Crippen LogP contribution in [0.5, 0.6) is 0 Å². The van der Waals surface area contributed by atoms with Crippen LogP contribution < -0.4 is 5.32 Å². The van der Waals surface area contributed by atoms with E-state index in [4.69, 9.17) is 4.74 Å². The molecule has 0 aromatic rings. The summed E-state index contributed by atoms with van der Waals surface area (Å²) < 4.78 is 5.76. The molecule has 1 aliphatic rings. The van der Waals surface area contributed by atoms with E-state index >= 15 is 0 Å². The Morgan fingerprint density at radius 2 is 2.20 bits per heavy atom. The largest absolute Gasteiger partial charge is 0.378 e. The molecule has 0 radical (unpaired) electrons. The lowest BCUT2D eigenvalue weighted by molar-refractivity contribution is 0.00775. The molecular formula is C13H27NO. The van der Waals surface area contributed by atoms with Gasteiger partial charge in [-0.25, -0.2) is 0 Å². The summed E-state index contributed by atoms with van der Waals surface area (Å²) in [7, 11) is 2.08. The number of ether oxygens (including phenoxy) is 1. The maximum Gasteiger partial charge on any atom is 0.0575 e. The van der Waals surface area contributed by atoms with E-state index in [2.05, 4.69) is 26.2 Å². The van der Waals surface area contributed by atoms with Crippen molar-refractivity contribution in [1.82, 2.24) is 5.32 Å². The van der Waals surface area contributed by atoms with E-state index in [9.17, 15) is 0 Å². The van der Waals surface area contributed by atoms with Gasteiger partial charge in [-0.05, 0) is 45.1 Å². The molecule has 0 spiro atoms. The van der Waals surface area contributed by atoms with Gasteiger partial charge < -0.3 is 10.1 Å². The highest BCUT2D eigenvalue weighted by molar-refractivity contribution is 4.74. The summed E-state index contributed by atoms with van der Waals surface area (Å²) in [4.78, 5) is 0. The molecular weight excluding hydrogens is 186 g/mol. The highest BCUT2D eigenvalue weighted by Crippen LogP contribution is 2.20. The second-order valence-corrected chi connectivity index (χ2v) is 4.85. The fourth-order valence-corrected chi connectivity index (χ4v) is 2.40. The summed E-state index contributed by atoms with van der Waals surface area (Å²) in [5.41, 5.74) is 0. The predicted molar refractivity (Wildman–Crippen MR) is 65.1 cm³/mol. The zero-order valence-electron chi connectivity index (χ0n) is 10.6. The van der Waals surface area contributed by atoms with Crippen molar-refractivity contribution >= 4 is 0 Å². The molecule has 3 atom stereocenters. The van der Waals surface area contributed by atoms with Crippen molar-refractivity contribution in [3.8, 4) is 0 Å². The predicted octanol–water partition coefficient (Wildman–Crippen LogP) is 2.97. The highest BCUT2D eigenvalue weighted by Gasteiger charge is 2.18. The molecule has 0 amide bonds. The smallest absolute Gasteiger partial charge is 0.0575 e. The first kappa shape index (κ1) is 13.0. The molecule has 1 aliphatic heterocycles. The molecule has 0 saturated carbocycles. The van der Waals surface area contributed by atoms with Gasteiger partial charge in [0, 0.05) is 12.6 Å². The van der Waals surface area contributed by atoms with E-state index in [1.165, 1.54) is 38.5 Å². The minimum absolute atomic E-state index is 0.540. The third-order valence-corrected chi connectivity index (χ3v) is 3.78. The standard InChI is InChI=1S/C13H27NO/c1-4-11(2)13(14-3)9-8-12-7-5-6-10-15-12/h11-14H,4-10H2,1-3H3. The molecule has 2 heteroatoms. The molecule has 0 bridgehead atoms. The first-order valence-corrected chi connectivity index (χ1v) is 6.56. The normalized spacial score (nSPS) is 26.2. The molecule has 1 N–H and O–H groups in total. The Balaban J connectivity index is 2.20. The number of hydrogen-bond donors (Lipinski definition) is 1. The average Bonchev–Trinajstić information content (AvgIpc) is 2.31. The van der Waals surface area contributed by atoms with Gasteiger partial charge >= 0.3 is 0 Å². The van der Waals surface area contributed by atoms with Crippen molar-refractivity contribution in [2.75, 3.05) is 13.7 Å². The van der Waals surface area contributed by atoms with Gasteiger partial charge in [-0.2, -0.15) is 0 Å². The molecule has 15 heavy (non-hydrogen) atoms. The second kappa shape index (κ2) is 7.24. The van der Waals surface area contributed by atoms with E-state index in [-0.39, 0.29) is 0 Å². The molecule has 1 rings (SSSR count). The molecule has 0 aromatic carbocycles. The minimum Gasteiger partial charge on any atom is -0.378 e. The van der Waals surface area contributed by atoms with Gasteiger partial charge in [0.05, 0.1) is 6.10 Å². The maximum atomic E-state index is 5.76. The zero-order valence-corrected chi connectivity index (χ0v) is 10.6. The topological polar surface area (TPSA) is 21.3 Å². The molecule has 1 fully saturated rings. The average molecular weight is 213 g/mol.